The highest BCUT2D eigenvalue weighted by Crippen LogP contribution is 2.58. The van der Waals surface area contributed by atoms with E-state index in [1.807, 2.05) is 22.8 Å². The fraction of sp³-hybridized carbons (Fsp3) is 0.111. The van der Waals surface area contributed by atoms with Crippen LogP contribution in [-0.2, 0) is 10.8 Å². The van der Waals surface area contributed by atoms with Gasteiger partial charge in [-0.1, -0.05) is 105 Å². The predicted molar refractivity (Wildman–Crippen MR) is 154 cm³/mol. The Kier molecular flexibility index (Phi) is 3.70. The number of benzene rings is 5. The Balaban J connectivity index is 1.46. The summed E-state index contributed by atoms with van der Waals surface area (Å²) < 4.78 is 1.91. The number of hydrogen-bond acceptors (Lipinski definition) is 2. The summed E-state index contributed by atoms with van der Waals surface area (Å²) in [5.41, 5.74) is 12.5. The molecule has 39 heavy (non-hydrogen) atoms. The zero-order valence-corrected chi connectivity index (χ0v) is 21.7. The Labute approximate surface area is 226 Å². The van der Waals surface area contributed by atoms with Crippen molar-refractivity contribution in [1.82, 2.24) is 9.55 Å². The molecule has 0 saturated carbocycles. The van der Waals surface area contributed by atoms with E-state index in [1.165, 1.54) is 44.5 Å². The number of carbonyl (C=O) groups excluding carboxylic acids is 1. The zero-order chi connectivity index (χ0) is 26.1. The third-order valence-electron chi connectivity index (χ3n) is 9.41. The van der Waals surface area contributed by atoms with Gasteiger partial charge in [0.05, 0.1) is 11.0 Å². The monoisotopic (exact) mass is 500 g/mol. The van der Waals surface area contributed by atoms with Gasteiger partial charge in [0.15, 0.2) is 0 Å². The van der Waals surface area contributed by atoms with Crippen molar-refractivity contribution in [3.63, 3.8) is 0 Å². The summed E-state index contributed by atoms with van der Waals surface area (Å²) in [7, 11) is 0. The second-order valence-electron chi connectivity index (χ2n) is 11.5. The zero-order valence-electron chi connectivity index (χ0n) is 21.7. The van der Waals surface area contributed by atoms with Crippen molar-refractivity contribution in [2.45, 2.75) is 24.7 Å². The van der Waals surface area contributed by atoms with Crippen molar-refractivity contribution in [3.8, 4) is 22.3 Å². The van der Waals surface area contributed by atoms with Gasteiger partial charge in [-0.2, -0.15) is 0 Å². The molecule has 0 unspecified atom stereocenters. The van der Waals surface area contributed by atoms with Gasteiger partial charge in [-0.25, -0.2) is 4.98 Å². The molecule has 9 rings (SSSR count). The summed E-state index contributed by atoms with van der Waals surface area (Å²) >= 11 is 0. The Morgan fingerprint density at radius 2 is 1.05 bits per heavy atom. The van der Waals surface area contributed by atoms with Gasteiger partial charge in [-0.3, -0.25) is 9.36 Å². The van der Waals surface area contributed by atoms with Crippen LogP contribution >= 0.6 is 0 Å². The van der Waals surface area contributed by atoms with Gasteiger partial charge in [0.1, 0.15) is 11.2 Å². The van der Waals surface area contributed by atoms with E-state index in [2.05, 4.69) is 105 Å². The number of hydrogen-bond donors (Lipinski definition) is 0. The van der Waals surface area contributed by atoms with Crippen LogP contribution in [0.25, 0.3) is 33.3 Å². The number of fused-ring (bicyclic) bond motifs is 14. The van der Waals surface area contributed by atoms with Crippen LogP contribution in [0.15, 0.2) is 109 Å². The van der Waals surface area contributed by atoms with E-state index in [1.54, 1.807) is 0 Å². The quantitative estimate of drug-likeness (QED) is 0.214. The maximum Gasteiger partial charge on any atom is 0.264 e. The van der Waals surface area contributed by atoms with Gasteiger partial charge in [-0.05, 0) is 68.3 Å². The van der Waals surface area contributed by atoms with E-state index < -0.39 is 5.41 Å². The molecule has 184 valence electrons. The average Bonchev–Trinajstić information content (AvgIpc) is 3.57. The summed E-state index contributed by atoms with van der Waals surface area (Å²) in [6.45, 7) is 4.57. The fourth-order valence-corrected chi connectivity index (χ4v) is 7.73. The summed E-state index contributed by atoms with van der Waals surface area (Å²) in [4.78, 5) is 19.7. The van der Waals surface area contributed by atoms with Crippen molar-refractivity contribution >= 4 is 16.9 Å². The highest BCUT2D eigenvalue weighted by molar-refractivity contribution is 6.08. The lowest BCUT2D eigenvalue weighted by Gasteiger charge is -2.37. The van der Waals surface area contributed by atoms with Crippen LogP contribution in [-0.4, -0.2) is 15.5 Å². The molecular weight excluding hydrogens is 476 g/mol. The molecule has 1 aliphatic heterocycles. The standard InChI is InChI=1S/C36H24N2O/c1-35(2)26-15-7-3-13-23(26)25-19-32-31(20-30(25)35)37-34-36(29-18-10-6-14-24(29)33(39)38(32)34)27-16-8-4-11-21(27)22-12-5-9-17-28(22)36/h3-20H,1-2H3. The van der Waals surface area contributed by atoms with Crippen molar-refractivity contribution in [2.24, 2.45) is 0 Å². The summed E-state index contributed by atoms with van der Waals surface area (Å²) in [5, 5.41) is 0. The molecule has 0 saturated heterocycles. The van der Waals surface area contributed by atoms with E-state index in [0.717, 1.165) is 28.0 Å². The van der Waals surface area contributed by atoms with Crippen LogP contribution in [0.2, 0.25) is 0 Å². The van der Waals surface area contributed by atoms with E-state index in [9.17, 15) is 4.79 Å². The number of nitrogens with zero attached hydrogens (tertiary/aromatic N) is 2. The van der Waals surface area contributed by atoms with Crippen LogP contribution in [0.4, 0.5) is 0 Å². The van der Waals surface area contributed by atoms with Crippen molar-refractivity contribution in [2.75, 3.05) is 0 Å². The first-order valence-electron chi connectivity index (χ1n) is 13.5. The van der Waals surface area contributed by atoms with Gasteiger partial charge in [0.25, 0.3) is 5.91 Å². The second-order valence-corrected chi connectivity index (χ2v) is 11.5. The highest BCUT2D eigenvalue weighted by atomic mass is 16.2. The van der Waals surface area contributed by atoms with Gasteiger partial charge < -0.3 is 0 Å². The van der Waals surface area contributed by atoms with Crippen molar-refractivity contribution < 1.29 is 4.79 Å². The summed E-state index contributed by atoms with van der Waals surface area (Å²) in [6.07, 6.45) is 0. The minimum Gasteiger partial charge on any atom is -0.268 e. The molecule has 3 heteroatoms. The third kappa shape index (κ3) is 2.28. The van der Waals surface area contributed by atoms with Crippen LogP contribution in [0.1, 0.15) is 57.8 Å². The minimum absolute atomic E-state index is 0.0129. The van der Waals surface area contributed by atoms with Crippen LogP contribution < -0.4 is 0 Å². The number of aromatic nitrogens is 2. The van der Waals surface area contributed by atoms with Crippen LogP contribution in [0.3, 0.4) is 0 Å². The van der Waals surface area contributed by atoms with Gasteiger partial charge in [0.2, 0.25) is 0 Å². The maximum absolute atomic E-state index is 14.3. The molecule has 0 bridgehead atoms. The molecule has 2 heterocycles. The molecule has 1 spiro atoms. The molecule has 0 fully saturated rings. The van der Waals surface area contributed by atoms with E-state index >= 15 is 0 Å². The first-order chi connectivity index (χ1) is 19.0. The van der Waals surface area contributed by atoms with Crippen LogP contribution in [0.5, 0.6) is 0 Å². The highest BCUT2D eigenvalue weighted by Gasteiger charge is 2.54. The normalized spacial score (nSPS) is 16.4. The molecule has 0 amide bonds. The van der Waals surface area contributed by atoms with E-state index in [0.29, 0.717) is 0 Å². The molecule has 3 aliphatic rings. The summed E-state index contributed by atoms with van der Waals surface area (Å²) in [5.74, 6) is 0.773. The molecule has 5 aromatic carbocycles. The van der Waals surface area contributed by atoms with Crippen LogP contribution in [0, 0.1) is 0 Å². The van der Waals surface area contributed by atoms with Gasteiger partial charge >= 0.3 is 0 Å². The van der Waals surface area contributed by atoms with Crippen molar-refractivity contribution in [1.29, 1.82) is 0 Å². The van der Waals surface area contributed by atoms with E-state index in [-0.39, 0.29) is 11.3 Å². The molecule has 6 aromatic rings. The predicted octanol–water partition coefficient (Wildman–Crippen LogP) is 7.71. The lowest BCUT2D eigenvalue weighted by Crippen LogP contribution is -2.40. The molecule has 0 radical (unpaired) electrons. The number of imidazole rings is 1. The smallest absolute Gasteiger partial charge is 0.264 e. The fourth-order valence-electron chi connectivity index (χ4n) is 7.73. The maximum atomic E-state index is 14.3. The third-order valence-corrected chi connectivity index (χ3v) is 9.41. The molecule has 0 N–H and O–H groups in total. The topological polar surface area (TPSA) is 34.9 Å². The Morgan fingerprint density at radius 1 is 0.564 bits per heavy atom. The lowest BCUT2D eigenvalue weighted by molar-refractivity contribution is 0.0951. The molecule has 1 aromatic heterocycles. The second kappa shape index (κ2) is 6.81. The largest absolute Gasteiger partial charge is 0.268 e. The number of carbonyl (C=O) groups is 1. The minimum atomic E-state index is -0.672. The number of rotatable bonds is 0. The Hall–Kier alpha value is -4.76. The molecule has 3 nitrogen and oxygen atoms in total. The first-order valence-corrected chi connectivity index (χ1v) is 13.5. The Morgan fingerprint density at radius 3 is 1.67 bits per heavy atom. The van der Waals surface area contributed by atoms with Gasteiger partial charge in [-0.15, -0.1) is 0 Å². The molecule has 0 atom stereocenters. The SMILES string of the molecule is CC1(C)c2ccccc2-c2cc3c(cc21)nc1n3C(=O)c2ccccc2C12c1ccccc1-c1ccccc12. The Bertz CT molecular complexity index is 2030. The first kappa shape index (κ1) is 21.2. The lowest BCUT2D eigenvalue weighted by atomic mass is 9.68. The molecule has 2 aliphatic carbocycles. The van der Waals surface area contributed by atoms with Crippen molar-refractivity contribution in [3.05, 3.63) is 148 Å². The molecular formula is C36H24N2O. The summed E-state index contributed by atoms with van der Waals surface area (Å²) in [6, 6.07) is 38.4. The average molecular weight is 501 g/mol. The van der Waals surface area contributed by atoms with Gasteiger partial charge in [0, 0.05) is 11.0 Å². The van der Waals surface area contributed by atoms with E-state index in [4.69, 9.17) is 4.98 Å².